The van der Waals surface area contributed by atoms with Crippen molar-refractivity contribution in [1.29, 1.82) is 0 Å². The Kier molecular flexibility index (Phi) is 5.88. The second-order valence-corrected chi connectivity index (χ2v) is 7.05. The topological polar surface area (TPSA) is 95.1 Å². The van der Waals surface area contributed by atoms with Crippen LogP contribution in [0.3, 0.4) is 0 Å². The molecule has 3 N–H and O–H groups in total. The van der Waals surface area contributed by atoms with E-state index in [1.165, 1.54) is 16.4 Å². The summed E-state index contributed by atoms with van der Waals surface area (Å²) in [6.45, 7) is 1.88. The molecule has 0 radical (unpaired) electrons. The van der Waals surface area contributed by atoms with Crippen LogP contribution in [0, 0.1) is 6.92 Å². The largest absolute Gasteiger partial charge is 0.496 e. The van der Waals surface area contributed by atoms with Gasteiger partial charge in [-0.2, -0.15) is 0 Å². The Balaban J connectivity index is 1.68. The molecule has 2 aromatic carbocycles. The molecular weight excluding hydrogens is 386 g/mol. The van der Waals surface area contributed by atoms with E-state index in [4.69, 9.17) is 22.2 Å². The second kappa shape index (κ2) is 8.32. The molecule has 1 heterocycles. The summed E-state index contributed by atoms with van der Waals surface area (Å²) in [5.41, 5.74) is 2.33. The molecule has 0 aliphatic carbocycles. The molecule has 0 unspecified atom stereocenters. The fourth-order valence-corrected chi connectivity index (χ4v) is 3.36. The number of anilines is 1. The minimum atomic E-state index is -0.174. The maximum Gasteiger partial charge on any atom is 0.234 e. The van der Waals surface area contributed by atoms with Crippen molar-refractivity contribution in [1.82, 2.24) is 14.9 Å². The number of para-hydroxylation sites is 1. The van der Waals surface area contributed by atoms with Gasteiger partial charge in [0, 0.05) is 10.7 Å². The van der Waals surface area contributed by atoms with E-state index in [-0.39, 0.29) is 11.7 Å². The standard InChI is InChI=1S/C18H18ClN5O2S/c1-11-9-12(19)7-8-14(11)21-16(25)10-27-18-23-22-17(24(18)20)13-5-3-4-6-15(13)26-2/h3-9H,10,20H2,1-2H3,(H,21,25). The molecule has 0 fully saturated rings. The predicted molar refractivity (Wildman–Crippen MR) is 108 cm³/mol. The molecule has 0 bridgehead atoms. The third-order valence-corrected chi connectivity index (χ3v) is 4.99. The molecule has 1 amide bonds. The maximum absolute atomic E-state index is 12.2. The molecule has 140 valence electrons. The monoisotopic (exact) mass is 403 g/mol. The lowest BCUT2D eigenvalue weighted by molar-refractivity contribution is -0.113. The minimum absolute atomic E-state index is 0.142. The number of nitrogens with two attached hydrogens (primary N) is 1. The summed E-state index contributed by atoms with van der Waals surface area (Å²) in [5.74, 6) is 7.18. The first kappa shape index (κ1) is 19.1. The second-order valence-electron chi connectivity index (χ2n) is 5.67. The molecule has 27 heavy (non-hydrogen) atoms. The number of rotatable bonds is 6. The normalized spacial score (nSPS) is 10.6. The fourth-order valence-electron chi connectivity index (χ4n) is 2.47. The van der Waals surface area contributed by atoms with Crippen LogP contribution in [0.4, 0.5) is 5.69 Å². The highest BCUT2D eigenvalue weighted by Crippen LogP contribution is 2.29. The van der Waals surface area contributed by atoms with Gasteiger partial charge in [-0.3, -0.25) is 4.79 Å². The molecule has 9 heteroatoms. The third kappa shape index (κ3) is 4.35. The van der Waals surface area contributed by atoms with E-state index in [0.717, 1.165) is 11.1 Å². The zero-order valence-electron chi connectivity index (χ0n) is 14.8. The van der Waals surface area contributed by atoms with Gasteiger partial charge >= 0.3 is 0 Å². The van der Waals surface area contributed by atoms with Gasteiger partial charge in [-0.25, -0.2) is 4.68 Å². The maximum atomic E-state index is 12.2. The number of aromatic nitrogens is 3. The minimum Gasteiger partial charge on any atom is -0.496 e. The molecule has 0 spiro atoms. The third-order valence-electron chi connectivity index (χ3n) is 3.81. The number of nitrogen functional groups attached to an aromatic ring is 1. The molecule has 0 atom stereocenters. The van der Waals surface area contributed by atoms with E-state index in [1.54, 1.807) is 25.3 Å². The van der Waals surface area contributed by atoms with E-state index in [9.17, 15) is 4.79 Å². The Labute approximate surface area is 165 Å². The SMILES string of the molecule is COc1ccccc1-c1nnc(SCC(=O)Nc2ccc(Cl)cc2C)n1N. The van der Waals surface area contributed by atoms with Crippen LogP contribution in [0.25, 0.3) is 11.4 Å². The summed E-state index contributed by atoms with van der Waals surface area (Å²) in [6, 6.07) is 12.7. The fraction of sp³-hybridized carbons (Fsp3) is 0.167. The van der Waals surface area contributed by atoms with Gasteiger partial charge < -0.3 is 15.9 Å². The highest BCUT2D eigenvalue weighted by molar-refractivity contribution is 7.99. The quantitative estimate of drug-likeness (QED) is 0.484. The van der Waals surface area contributed by atoms with Gasteiger partial charge in [0.1, 0.15) is 5.75 Å². The summed E-state index contributed by atoms with van der Waals surface area (Å²) < 4.78 is 6.68. The van der Waals surface area contributed by atoms with Crippen molar-refractivity contribution >= 4 is 35.0 Å². The van der Waals surface area contributed by atoms with Crippen molar-refractivity contribution in [2.45, 2.75) is 12.1 Å². The molecule has 0 saturated carbocycles. The average Bonchev–Trinajstić information content (AvgIpc) is 3.02. The molecule has 0 aliphatic heterocycles. The van der Waals surface area contributed by atoms with Crippen LogP contribution in [0.2, 0.25) is 5.02 Å². The van der Waals surface area contributed by atoms with E-state index in [0.29, 0.717) is 27.4 Å². The van der Waals surface area contributed by atoms with Crippen molar-refractivity contribution in [3.63, 3.8) is 0 Å². The van der Waals surface area contributed by atoms with Crippen LogP contribution in [0.1, 0.15) is 5.56 Å². The molecule has 3 rings (SSSR count). The van der Waals surface area contributed by atoms with Crippen LogP contribution in [0.5, 0.6) is 5.75 Å². The zero-order valence-corrected chi connectivity index (χ0v) is 16.3. The molecule has 1 aromatic heterocycles. The van der Waals surface area contributed by atoms with Gasteiger partial charge in [0.25, 0.3) is 0 Å². The van der Waals surface area contributed by atoms with Crippen molar-refractivity contribution in [2.75, 3.05) is 24.0 Å². The number of hydrogen-bond donors (Lipinski definition) is 2. The number of nitrogens with zero attached hydrogens (tertiary/aromatic N) is 3. The van der Waals surface area contributed by atoms with Gasteiger partial charge in [-0.1, -0.05) is 35.5 Å². The van der Waals surface area contributed by atoms with Crippen LogP contribution in [-0.4, -0.2) is 33.6 Å². The Morgan fingerprint density at radius 1 is 1.30 bits per heavy atom. The van der Waals surface area contributed by atoms with Crippen LogP contribution >= 0.6 is 23.4 Å². The molecule has 0 aliphatic rings. The number of benzene rings is 2. The lowest BCUT2D eigenvalue weighted by atomic mass is 10.2. The van der Waals surface area contributed by atoms with Gasteiger partial charge in [-0.15, -0.1) is 10.2 Å². The highest BCUT2D eigenvalue weighted by atomic mass is 35.5. The lowest BCUT2D eigenvalue weighted by Gasteiger charge is -2.09. The van der Waals surface area contributed by atoms with Crippen LogP contribution in [0.15, 0.2) is 47.6 Å². The van der Waals surface area contributed by atoms with Crippen LogP contribution in [-0.2, 0) is 4.79 Å². The van der Waals surface area contributed by atoms with Gasteiger partial charge in [0.2, 0.25) is 11.1 Å². The zero-order chi connectivity index (χ0) is 19.4. The smallest absolute Gasteiger partial charge is 0.234 e. The van der Waals surface area contributed by atoms with Gasteiger partial charge in [0.05, 0.1) is 18.4 Å². The predicted octanol–water partition coefficient (Wildman–Crippen LogP) is 3.36. The van der Waals surface area contributed by atoms with Crippen molar-refractivity contribution in [3.8, 4) is 17.1 Å². The summed E-state index contributed by atoms with van der Waals surface area (Å²) in [5, 5.41) is 12.1. The molecule has 3 aromatic rings. The number of carbonyl (C=O) groups is 1. The average molecular weight is 404 g/mol. The van der Waals surface area contributed by atoms with E-state index < -0.39 is 0 Å². The first-order valence-corrected chi connectivity index (χ1v) is 9.38. The molecule has 7 nitrogen and oxygen atoms in total. The Hall–Kier alpha value is -2.71. The number of carbonyl (C=O) groups excluding carboxylic acids is 1. The number of thioether (sulfide) groups is 1. The number of nitrogens with one attached hydrogen (secondary N) is 1. The van der Waals surface area contributed by atoms with Crippen LogP contribution < -0.4 is 15.9 Å². The summed E-state index contributed by atoms with van der Waals surface area (Å²) >= 11 is 7.13. The number of ether oxygens (including phenoxy) is 1. The lowest BCUT2D eigenvalue weighted by Crippen LogP contribution is -2.17. The first-order chi connectivity index (χ1) is 13.0. The van der Waals surface area contributed by atoms with E-state index in [1.807, 2.05) is 31.2 Å². The number of halogens is 1. The number of methoxy groups -OCH3 is 1. The Morgan fingerprint density at radius 3 is 2.81 bits per heavy atom. The Morgan fingerprint density at radius 2 is 2.07 bits per heavy atom. The Bertz CT molecular complexity index is 976. The highest BCUT2D eigenvalue weighted by Gasteiger charge is 2.16. The van der Waals surface area contributed by atoms with Gasteiger partial charge in [-0.05, 0) is 42.8 Å². The molecule has 0 saturated heterocycles. The van der Waals surface area contributed by atoms with E-state index in [2.05, 4.69) is 15.5 Å². The summed E-state index contributed by atoms with van der Waals surface area (Å²) in [7, 11) is 1.58. The first-order valence-electron chi connectivity index (χ1n) is 8.02. The van der Waals surface area contributed by atoms with Gasteiger partial charge in [0.15, 0.2) is 5.82 Å². The number of amides is 1. The van der Waals surface area contributed by atoms with Crippen molar-refractivity contribution in [3.05, 3.63) is 53.1 Å². The molecular formula is C18H18ClN5O2S. The summed E-state index contributed by atoms with van der Waals surface area (Å²) in [4.78, 5) is 12.2. The summed E-state index contributed by atoms with van der Waals surface area (Å²) in [6.07, 6.45) is 0. The van der Waals surface area contributed by atoms with Crippen molar-refractivity contribution < 1.29 is 9.53 Å². The number of aryl methyl sites for hydroxylation is 1. The van der Waals surface area contributed by atoms with E-state index >= 15 is 0 Å². The van der Waals surface area contributed by atoms with Crippen molar-refractivity contribution in [2.24, 2.45) is 0 Å². The number of hydrogen-bond acceptors (Lipinski definition) is 6.